The Morgan fingerprint density at radius 2 is 2.05 bits per heavy atom. The molecule has 0 heterocycles. The maximum atomic E-state index is 10.9. The highest BCUT2D eigenvalue weighted by Crippen LogP contribution is 2.36. The van der Waals surface area contributed by atoms with E-state index in [1.807, 2.05) is 19.1 Å². The molecule has 4 nitrogen and oxygen atoms in total. The number of ether oxygens (including phenoxy) is 1. The van der Waals surface area contributed by atoms with Crippen molar-refractivity contribution in [2.75, 3.05) is 7.11 Å². The van der Waals surface area contributed by atoms with Crippen molar-refractivity contribution >= 4 is 5.97 Å². The van der Waals surface area contributed by atoms with Crippen LogP contribution in [0, 0.1) is 0 Å². The predicted molar refractivity (Wildman–Crippen MR) is 75.6 cm³/mol. The van der Waals surface area contributed by atoms with E-state index in [9.17, 15) is 4.79 Å². The normalized spacial score (nSPS) is 12.5. The highest BCUT2D eigenvalue weighted by atomic mass is 16.5. The molecule has 1 rings (SSSR count). The van der Waals surface area contributed by atoms with Gasteiger partial charge in [-0.2, -0.15) is 0 Å². The fourth-order valence-corrected chi connectivity index (χ4v) is 2.36. The van der Waals surface area contributed by atoms with Gasteiger partial charge in [0.25, 0.3) is 0 Å². The van der Waals surface area contributed by atoms with E-state index >= 15 is 0 Å². The molecule has 0 bridgehead atoms. The molecule has 0 saturated carbocycles. The maximum absolute atomic E-state index is 10.9. The standard InChI is InChI=1S/C15H23NO3/c1-5-10-6-7-11(9(2)3)14(15(10)19-4)12(16)8-13(17)18/h6-7,9,12H,5,8,16H2,1-4H3,(H,17,18). The Morgan fingerprint density at radius 1 is 1.42 bits per heavy atom. The lowest BCUT2D eigenvalue weighted by molar-refractivity contribution is -0.137. The van der Waals surface area contributed by atoms with Crippen molar-refractivity contribution in [1.82, 2.24) is 0 Å². The Hall–Kier alpha value is -1.55. The average Bonchev–Trinajstić information content (AvgIpc) is 2.35. The monoisotopic (exact) mass is 265 g/mol. The molecule has 0 aliphatic carbocycles. The van der Waals surface area contributed by atoms with Gasteiger partial charge in [0.1, 0.15) is 5.75 Å². The van der Waals surface area contributed by atoms with Crippen LogP contribution < -0.4 is 10.5 Å². The van der Waals surface area contributed by atoms with E-state index in [2.05, 4.69) is 13.8 Å². The van der Waals surface area contributed by atoms with Crippen molar-refractivity contribution in [1.29, 1.82) is 0 Å². The summed E-state index contributed by atoms with van der Waals surface area (Å²) in [6.45, 7) is 6.17. The minimum Gasteiger partial charge on any atom is -0.496 e. The number of nitrogens with two attached hydrogens (primary N) is 1. The van der Waals surface area contributed by atoms with Gasteiger partial charge in [0.15, 0.2) is 0 Å². The smallest absolute Gasteiger partial charge is 0.305 e. The van der Waals surface area contributed by atoms with Crippen LogP contribution in [0.25, 0.3) is 0 Å². The molecule has 0 radical (unpaired) electrons. The van der Waals surface area contributed by atoms with E-state index in [-0.39, 0.29) is 12.3 Å². The molecule has 106 valence electrons. The first-order valence-electron chi connectivity index (χ1n) is 6.59. The summed E-state index contributed by atoms with van der Waals surface area (Å²) in [4.78, 5) is 10.9. The lowest BCUT2D eigenvalue weighted by atomic mass is 9.88. The third-order valence-corrected chi connectivity index (χ3v) is 3.28. The number of rotatable bonds is 6. The first-order valence-corrected chi connectivity index (χ1v) is 6.59. The molecule has 0 aromatic heterocycles. The fourth-order valence-electron chi connectivity index (χ4n) is 2.36. The van der Waals surface area contributed by atoms with Crippen LogP contribution in [0.5, 0.6) is 5.75 Å². The number of aliphatic carboxylic acids is 1. The summed E-state index contributed by atoms with van der Waals surface area (Å²) in [6, 6.07) is 3.52. The lowest BCUT2D eigenvalue weighted by Crippen LogP contribution is -2.19. The quantitative estimate of drug-likeness (QED) is 0.829. The molecule has 0 amide bonds. The SMILES string of the molecule is CCc1ccc(C(C)C)c(C(N)CC(=O)O)c1OC. The predicted octanol–water partition coefficient (Wildman–Crippen LogP) is 2.86. The van der Waals surface area contributed by atoms with Crippen LogP contribution >= 0.6 is 0 Å². The highest BCUT2D eigenvalue weighted by Gasteiger charge is 2.22. The minimum absolute atomic E-state index is 0.0940. The Kier molecular flexibility index (Phi) is 5.36. The molecular weight excluding hydrogens is 242 g/mol. The van der Waals surface area contributed by atoms with Crippen LogP contribution in [-0.4, -0.2) is 18.2 Å². The molecule has 4 heteroatoms. The summed E-state index contributed by atoms with van der Waals surface area (Å²) in [5.41, 5.74) is 9.02. The van der Waals surface area contributed by atoms with Gasteiger partial charge in [-0.3, -0.25) is 4.79 Å². The largest absolute Gasteiger partial charge is 0.496 e. The molecule has 0 spiro atoms. The summed E-state index contributed by atoms with van der Waals surface area (Å²) >= 11 is 0. The zero-order valence-corrected chi connectivity index (χ0v) is 12.1. The number of benzene rings is 1. The maximum Gasteiger partial charge on any atom is 0.305 e. The fraction of sp³-hybridized carbons (Fsp3) is 0.533. The van der Waals surface area contributed by atoms with Gasteiger partial charge < -0.3 is 15.6 Å². The Labute approximate surface area is 114 Å². The van der Waals surface area contributed by atoms with Gasteiger partial charge in [0.05, 0.1) is 13.5 Å². The molecule has 0 saturated heterocycles. The second-order valence-corrected chi connectivity index (χ2v) is 4.97. The molecular formula is C15H23NO3. The zero-order valence-electron chi connectivity index (χ0n) is 12.1. The van der Waals surface area contributed by atoms with Crippen molar-refractivity contribution in [3.05, 3.63) is 28.8 Å². The number of carboxylic acid groups (broad SMARTS) is 1. The number of carbonyl (C=O) groups is 1. The van der Waals surface area contributed by atoms with Gasteiger partial charge in [-0.25, -0.2) is 0 Å². The van der Waals surface area contributed by atoms with Crippen molar-refractivity contribution in [3.63, 3.8) is 0 Å². The van der Waals surface area contributed by atoms with E-state index in [4.69, 9.17) is 15.6 Å². The van der Waals surface area contributed by atoms with Crippen molar-refractivity contribution in [2.45, 2.75) is 45.6 Å². The van der Waals surface area contributed by atoms with Gasteiger partial charge >= 0.3 is 5.97 Å². The lowest BCUT2D eigenvalue weighted by Gasteiger charge is -2.23. The van der Waals surface area contributed by atoms with Crippen molar-refractivity contribution in [2.24, 2.45) is 5.73 Å². The van der Waals surface area contributed by atoms with E-state index in [0.29, 0.717) is 0 Å². The molecule has 3 N–H and O–H groups in total. The van der Waals surface area contributed by atoms with Gasteiger partial charge in [0.2, 0.25) is 0 Å². The van der Waals surface area contributed by atoms with Gasteiger partial charge in [-0.05, 0) is 23.5 Å². The van der Waals surface area contributed by atoms with Crippen LogP contribution in [-0.2, 0) is 11.2 Å². The first kappa shape index (κ1) is 15.5. The Morgan fingerprint density at radius 3 is 2.47 bits per heavy atom. The van der Waals surface area contributed by atoms with E-state index in [1.54, 1.807) is 7.11 Å². The van der Waals surface area contributed by atoms with Crippen molar-refractivity contribution in [3.8, 4) is 5.75 Å². The zero-order chi connectivity index (χ0) is 14.6. The molecule has 0 aliphatic rings. The highest BCUT2D eigenvalue weighted by molar-refractivity contribution is 5.68. The Balaban J connectivity index is 3.40. The second kappa shape index (κ2) is 6.57. The number of methoxy groups -OCH3 is 1. The topological polar surface area (TPSA) is 72.6 Å². The summed E-state index contributed by atoms with van der Waals surface area (Å²) in [7, 11) is 1.61. The molecule has 1 aromatic carbocycles. The summed E-state index contributed by atoms with van der Waals surface area (Å²) in [6.07, 6.45) is 0.734. The van der Waals surface area contributed by atoms with Crippen LogP contribution in [0.1, 0.15) is 55.8 Å². The van der Waals surface area contributed by atoms with Crippen LogP contribution in [0.15, 0.2) is 12.1 Å². The molecule has 0 fully saturated rings. The van der Waals surface area contributed by atoms with Crippen molar-refractivity contribution < 1.29 is 14.6 Å². The molecule has 0 aliphatic heterocycles. The van der Waals surface area contributed by atoms with E-state index < -0.39 is 12.0 Å². The second-order valence-electron chi connectivity index (χ2n) is 4.97. The average molecular weight is 265 g/mol. The van der Waals surface area contributed by atoms with Gasteiger partial charge in [0, 0.05) is 11.6 Å². The molecule has 19 heavy (non-hydrogen) atoms. The summed E-state index contributed by atoms with van der Waals surface area (Å²) < 4.78 is 5.49. The number of hydrogen-bond donors (Lipinski definition) is 2. The number of aryl methyl sites for hydroxylation is 1. The third kappa shape index (κ3) is 3.47. The van der Waals surface area contributed by atoms with Crippen LogP contribution in [0.4, 0.5) is 0 Å². The summed E-state index contributed by atoms with van der Waals surface area (Å²) in [5.74, 6) is 0.114. The van der Waals surface area contributed by atoms with Gasteiger partial charge in [-0.15, -0.1) is 0 Å². The number of hydrogen-bond acceptors (Lipinski definition) is 3. The van der Waals surface area contributed by atoms with Crippen LogP contribution in [0.2, 0.25) is 0 Å². The van der Waals surface area contributed by atoms with Crippen LogP contribution in [0.3, 0.4) is 0 Å². The minimum atomic E-state index is -0.897. The molecule has 1 unspecified atom stereocenters. The number of carboxylic acids is 1. The third-order valence-electron chi connectivity index (χ3n) is 3.28. The Bertz CT molecular complexity index is 455. The van der Waals surface area contributed by atoms with E-state index in [1.165, 1.54) is 0 Å². The van der Waals surface area contributed by atoms with Gasteiger partial charge in [-0.1, -0.05) is 32.9 Å². The molecule has 1 aromatic rings. The van der Waals surface area contributed by atoms with E-state index in [0.717, 1.165) is 28.9 Å². The molecule has 1 atom stereocenters. The summed E-state index contributed by atoms with van der Waals surface area (Å²) in [5, 5.41) is 8.94. The first-order chi connectivity index (χ1) is 8.92.